The van der Waals surface area contributed by atoms with Gasteiger partial charge in [-0.05, 0) is 30.2 Å². The van der Waals surface area contributed by atoms with Crippen molar-refractivity contribution >= 4 is 21.4 Å². The zero-order chi connectivity index (χ0) is 14.6. The Bertz CT molecular complexity index is 683. The summed E-state index contributed by atoms with van der Waals surface area (Å²) >= 11 is 1.14. The molecule has 0 aliphatic rings. The Labute approximate surface area is 121 Å². The Morgan fingerprint density at radius 3 is 2.60 bits per heavy atom. The van der Waals surface area contributed by atoms with Crippen molar-refractivity contribution in [2.45, 2.75) is 17.2 Å². The van der Waals surface area contributed by atoms with Crippen LogP contribution in [0.4, 0.5) is 4.39 Å². The van der Waals surface area contributed by atoms with Crippen LogP contribution in [-0.4, -0.2) is 15.0 Å². The molecule has 108 valence electrons. The molecule has 0 fully saturated rings. The molecule has 0 atom stereocenters. The minimum Gasteiger partial charge on any atom is -0.326 e. The Balaban J connectivity index is 1.98. The lowest BCUT2D eigenvalue weighted by Gasteiger charge is -2.05. The largest absolute Gasteiger partial charge is 0.326 e. The third-order valence-corrected chi connectivity index (χ3v) is 5.81. The van der Waals surface area contributed by atoms with E-state index in [0.29, 0.717) is 18.5 Å². The van der Waals surface area contributed by atoms with Crippen LogP contribution in [0.5, 0.6) is 0 Å². The number of rotatable bonds is 6. The van der Waals surface area contributed by atoms with E-state index in [4.69, 9.17) is 5.73 Å². The molecule has 2 aromatic rings. The highest BCUT2D eigenvalue weighted by Crippen LogP contribution is 2.20. The zero-order valence-electron chi connectivity index (χ0n) is 10.7. The van der Waals surface area contributed by atoms with Gasteiger partial charge in [-0.2, -0.15) is 0 Å². The summed E-state index contributed by atoms with van der Waals surface area (Å²) < 4.78 is 40.1. The van der Waals surface area contributed by atoms with E-state index in [1.54, 1.807) is 24.3 Å². The van der Waals surface area contributed by atoms with Crippen molar-refractivity contribution in [2.75, 3.05) is 6.54 Å². The van der Waals surface area contributed by atoms with Crippen molar-refractivity contribution < 1.29 is 12.8 Å². The van der Waals surface area contributed by atoms with Crippen LogP contribution in [-0.2, 0) is 23.0 Å². The quantitative estimate of drug-likeness (QED) is 0.855. The van der Waals surface area contributed by atoms with Gasteiger partial charge in [0.25, 0.3) is 0 Å². The molecule has 0 aliphatic carbocycles. The summed E-state index contributed by atoms with van der Waals surface area (Å²) in [4.78, 5) is 0.805. The molecule has 0 unspecified atom stereocenters. The van der Waals surface area contributed by atoms with Gasteiger partial charge in [0, 0.05) is 18.0 Å². The summed E-state index contributed by atoms with van der Waals surface area (Å²) in [5.74, 6) is -0.326. The predicted molar refractivity (Wildman–Crippen MR) is 77.5 cm³/mol. The maximum atomic E-state index is 13.4. The molecule has 0 spiro atoms. The van der Waals surface area contributed by atoms with E-state index in [2.05, 4.69) is 4.72 Å². The first-order chi connectivity index (χ1) is 9.53. The molecule has 3 N–H and O–H groups in total. The van der Waals surface area contributed by atoms with Gasteiger partial charge in [-0.1, -0.05) is 18.2 Å². The number of sulfonamides is 1. The molecule has 2 rings (SSSR count). The molecule has 1 aromatic heterocycles. The molecule has 1 heterocycles. The number of benzene rings is 1. The van der Waals surface area contributed by atoms with Gasteiger partial charge in [-0.15, -0.1) is 11.3 Å². The molecule has 0 amide bonds. The lowest BCUT2D eigenvalue weighted by atomic mass is 10.1. The van der Waals surface area contributed by atoms with Crippen molar-refractivity contribution in [2.24, 2.45) is 5.73 Å². The Morgan fingerprint density at radius 1 is 1.20 bits per heavy atom. The summed E-state index contributed by atoms with van der Waals surface area (Å²) in [6, 6.07) is 9.54. The molecule has 0 bridgehead atoms. The van der Waals surface area contributed by atoms with E-state index in [9.17, 15) is 12.8 Å². The fourth-order valence-electron chi connectivity index (χ4n) is 1.70. The summed E-state index contributed by atoms with van der Waals surface area (Å²) in [5.41, 5.74) is 5.94. The van der Waals surface area contributed by atoms with Crippen LogP contribution in [0.3, 0.4) is 0 Å². The molecule has 0 saturated carbocycles. The monoisotopic (exact) mass is 314 g/mol. The number of hydrogen-bond donors (Lipinski definition) is 2. The SMILES string of the molecule is NCc1ccc(S(=O)(=O)NCCc2ccccc2F)s1. The fraction of sp³-hybridized carbons (Fsp3) is 0.231. The second-order valence-corrected chi connectivity index (χ2v) is 7.33. The molecule has 0 radical (unpaired) electrons. The maximum Gasteiger partial charge on any atom is 0.250 e. The van der Waals surface area contributed by atoms with E-state index >= 15 is 0 Å². The molecular weight excluding hydrogens is 299 g/mol. The van der Waals surface area contributed by atoms with E-state index < -0.39 is 10.0 Å². The normalized spacial score (nSPS) is 11.7. The number of hydrogen-bond acceptors (Lipinski definition) is 4. The van der Waals surface area contributed by atoms with Crippen LogP contribution in [0.25, 0.3) is 0 Å². The molecule has 20 heavy (non-hydrogen) atoms. The average Bonchev–Trinajstić information content (AvgIpc) is 2.90. The van der Waals surface area contributed by atoms with Gasteiger partial charge >= 0.3 is 0 Å². The Hall–Kier alpha value is -1.28. The van der Waals surface area contributed by atoms with Crippen LogP contribution >= 0.6 is 11.3 Å². The number of nitrogens with two attached hydrogens (primary N) is 1. The summed E-state index contributed by atoms with van der Waals surface area (Å²) in [6.45, 7) is 0.467. The van der Waals surface area contributed by atoms with E-state index in [1.165, 1.54) is 12.1 Å². The molecule has 0 saturated heterocycles. The van der Waals surface area contributed by atoms with E-state index in [1.807, 2.05) is 0 Å². The first kappa shape index (κ1) is 15.1. The Morgan fingerprint density at radius 2 is 1.95 bits per heavy atom. The van der Waals surface area contributed by atoms with Crippen LogP contribution < -0.4 is 10.5 Å². The lowest BCUT2D eigenvalue weighted by molar-refractivity contribution is 0.579. The fourth-order valence-corrected chi connectivity index (χ4v) is 4.02. The summed E-state index contributed by atoms with van der Waals surface area (Å²) in [5, 5.41) is 0. The van der Waals surface area contributed by atoms with Crippen molar-refractivity contribution in [3.05, 3.63) is 52.7 Å². The highest BCUT2D eigenvalue weighted by Gasteiger charge is 2.16. The molecular formula is C13H15FN2O2S2. The highest BCUT2D eigenvalue weighted by atomic mass is 32.2. The molecule has 7 heteroatoms. The van der Waals surface area contributed by atoms with Gasteiger partial charge in [0.1, 0.15) is 10.0 Å². The topological polar surface area (TPSA) is 72.2 Å². The van der Waals surface area contributed by atoms with Crippen molar-refractivity contribution in [3.8, 4) is 0 Å². The van der Waals surface area contributed by atoms with Crippen LogP contribution in [0.2, 0.25) is 0 Å². The second-order valence-electron chi connectivity index (χ2n) is 4.16. The maximum absolute atomic E-state index is 13.4. The standard InChI is InChI=1S/C13H15FN2O2S2/c14-12-4-2-1-3-10(12)7-8-16-20(17,18)13-6-5-11(9-15)19-13/h1-6,16H,7-9,15H2. The number of nitrogens with one attached hydrogen (secondary N) is 1. The van der Waals surface area contributed by atoms with Gasteiger partial charge in [0.15, 0.2) is 0 Å². The van der Waals surface area contributed by atoms with Crippen molar-refractivity contribution in [3.63, 3.8) is 0 Å². The smallest absolute Gasteiger partial charge is 0.250 e. The van der Waals surface area contributed by atoms with Crippen LogP contribution in [0.1, 0.15) is 10.4 Å². The first-order valence-corrected chi connectivity index (χ1v) is 8.35. The molecule has 1 aromatic carbocycles. The highest BCUT2D eigenvalue weighted by molar-refractivity contribution is 7.91. The first-order valence-electron chi connectivity index (χ1n) is 6.05. The molecule has 0 aliphatic heterocycles. The molecule has 4 nitrogen and oxygen atoms in total. The van der Waals surface area contributed by atoms with Gasteiger partial charge in [-0.25, -0.2) is 17.5 Å². The average molecular weight is 314 g/mol. The van der Waals surface area contributed by atoms with Crippen LogP contribution in [0, 0.1) is 5.82 Å². The minimum atomic E-state index is -3.54. The van der Waals surface area contributed by atoms with Crippen molar-refractivity contribution in [1.29, 1.82) is 0 Å². The predicted octanol–water partition coefficient (Wildman–Crippen LogP) is 1.87. The minimum absolute atomic E-state index is 0.152. The van der Waals surface area contributed by atoms with Crippen LogP contribution in [0.15, 0.2) is 40.6 Å². The van der Waals surface area contributed by atoms with E-state index in [0.717, 1.165) is 16.2 Å². The van der Waals surface area contributed by atoms with Gasteiger partial charge in [-0.3, -0.25) is 0 Å². The van der Waals surface area contributed by atoms with Gasteiger partial charge < -0.3 is 5.73 Å². The second kappa shape index (κ2) is 6.45. The third-order valence-electron chi connectivity index (χ3n) is 2.75. The van der Waals surface area contributed by atoms with E-state index in [-0.39, 0.29) is 16.6 Å². The van der Waals surface area contributed by atoms with Gasteiger partial charge in [0.05, 0.1) is 0 Å². The Kier molecular flexibility index (Phi) is 4.87. The number of thiophene rings is 1. The zero-order valence-corrected chi connectivity index (χ0v) is 12.3. The summed E-state index contributed by atoms with van der Waals surface area (Å²) in [7, 11) is -3.54. The van der Waals surface area contributed by atoms with Gasteiger partial charge in [0.2, 0.25) is 10.0 Å². The lowest BCUT2D eigenvalue weighted by Crippen LogP contribution is -2.25. The third kappa shape index (κ3) is 3.63. The van der Waals surface area contributed by atoms with Crippen molar-refractivity contribution in [1.82, 2.24) is 4.72 Å². The summed E-state index contributed by atoms with van der Waals surface area (Å²) in [6.07, 6.45) is 0.307. The number of halogens is 1.